The third-order valence-electron chi connectivity index (χ3n) is 6.54. The molecule has 12 nitrogen and oxygen atoms in total. The molecule has 0 spiro atoms. The number of fused-ring (bicyclic) bond motifs is 1. The second-order valence-electron chi connectivity index (χ2n) is 10.2. The van der Waals surface area contributed by atoms with Gasteiger partial charge in [-0.1, -0.05) is 11.6 Å². The molecule has 0 unspecified atom stereocenters. The van der Waals surface area contributed by atoms with E-state index in [4.69, 9.17) is 16.3 Å². The number of nitrogens with zero attached hydrogens (tertiary/aromatic N) is 6. The van der Waals surface area contributed by atoms with E-state index in [1.54, 1.807) is 22.8 Å². The molecule has 1 saturated heterocycles. The zero-order valence-corrected chi connectivity index (χ0v) is 25.0. The number of rotatable bonds is 10. The number of likely N-dealkylation sites (N-methyl/N-ethyl adjacent to an activating group) is 1. The van der Waals surface area contributed by atoms with E-state index < -0.39 is 21.9 Å². The average molecular weight is 617 g/mol. The highest BCUT2D eigenvalue weighted by atomic mass is 35.5. The summed E-state index contributed by atoms with van der Waals surface area (Å²) in [7, 11) is 0.0630. The molecule has 2 aromatic heterocycles. The smallest absolute Gasteiger partial charge is 0.416 e. The molecular weight excluding hydrogens is 587 g/mol. The number of imidazole rings is 1. The molecule has 2 aromatic carbocycles. The Balaban J connectivity index is 1.44. The standard InChI is InChI=1S/C27H30ClFN8O4S/c1-16(2)37-22-14-17(13-21(29)24(22)34-26(37)36-11-12-41-27(36)38)23-20(28)15-30-25(33-23)32-18-5-7-19(8-6-18)42(39,40)31-9-10-35(3)4/h5-8,13-16,31H,9-12H2,1-4H3,(H,30,32,33). The number of hydrogen-bond acceptors (Lipinski definition) is 9. The summed E-state index contributed by atoms with van der Waals surface area (Å²) in [5.74, 6) is -0.128. The molecule has 15 heteroatoms. The first-order valence-electron chi connectivity index (χ1n) is 13.1. The number of nitrogens with one attached hydrogen (secondary N) is 2. The molecule has 0 saturated carbocycles. The third kappa shape index (κ3) is 6.02. The summed E-state index contributed by atoms with van der Waals surface area (Å²) in [6.07, 6.45) is 0.862. The lowest BCUT2D eigenvalue weighted by Gasteiger charge is -2.18. The van der Waals surface area contributed by atoms with Crippen LogP contribution in [-0.2, 0) is 14.8 Å². The highest BCUT2D eigenvalue weighted by Gasteiger charge is 2.30. The summed E-state index contributed by atoms with van der Waals surface area (Å²) in [6.45, 7) is 5.22. The number of hydrogen-bond donors (Lipinski definition) is 2. The fraction of sp³-hybridized carbons (Fsp3) is 0.333. The van der Waals surface area contributed by atoms with Crippen molar-refractivity contribution in [2.24, 2.45) is 0 Å². The zero-order chi connectivity index (χ0) is 30.2. The van der Waals surface area contributed by atoms with Crippen molar-refractivity contribution < 1.29 is 22.3 Å². The molecule has 3 heterocycles. The monoisotopic (exact) mass is 616 g/mol. The number of halogens is 2. The van der Waals surface area contributed by atoms with Gasteiger partial charge in [0.2, 0.25) is 21.9 Å². The predicted octanol–water partition coefficient (Wildman–Crippen LogP) is 4.41. The maximum atomic E-state index is 15.4. The van der Waals surface area contributed by atoms with E-state index in [0.29, 0.717) is 35.8 Å². The number of carbonyl (C=O) groups is 1. The number of carbonyl (C=O) groups excluding carboxylic acids is 1. The lowest BCUT2D eigenvalue weighted by molar-refractivity contribution is 0.181. The normalized spacial score (nSPS) is 13.9. The third-order valence-corrected chi connectivity index (χ3v) is 8.29. The van der Waals surface area contributed by atoms with Gasteiger partial charge in [0.25, 0.3) is 0 Å². The number of aromatic nitrogens is 4. The minimum atomic E-state index is -3.66. The molecule has 1 fully saturated rings. The van der Waals surface area contributed by atoms with Crippen LogP contribution in [0.2, 0.25) is 5.02 Å². The molecular formula is C27H30ClFN8O4S. The van der Waals surface area contributed by atoms with Crippen molar-refractivity contribution in [2.75, 3.05) is 50.6 Å². The van der Waals surface area contributed by atoms with E-state index in [0.717, 1.165) is 0 Å². The van der Waals surface area contributed by atoms with Crippen LogP contribution in [0.1, 0.15) is 19.9 Å². The van der Waals surface area contributed by atoms with Gasteiger partial charge in [-0.2, -0.15) is 0 Å². The van der Waals surface area contributed by atoms with E-state index in [1.807, 2.05) is 32.8 Å². The maximum Gasteiger partial charge on any atom is 0.416 e. The van der Waals surface area contributed by atoms with Crippen LogP contribution in [-0.4, -0.2) is 79.3 Å². The van der Waals surface area contributed by atoms with Gasteiger partial charge >= 0.3 is 6.09 Å². The molecule has 1 amide bonds. The average Bonchev–Trinajstić information content (AvgIpc) is 3.53. The van der Waals surface area contributed by atoms with Crippen LogP contribution < -0.4 is 14.9 Å². The molecule has 4 aromatic rings. The highest BCUT2D eigenvalue weighted by Crippen LogP contribution is 2.35. The van der Waals surface area contributed by atoms with Crippen molar-refractivity contribution in [3.05, 3.63) is 53.4 Å². The Kier molecular flexibility index (Phi) is 8.32. The second kappa shape index (κ2) is 11.8. The van der Waals surface area contributed by atoms with Crippen molar-refractivity contribution >= 4 is 56.3 Å². The number of sulfonamides is 1. The van der Waals surface area contributed by atoms with Crippen LogP contribution in [0.25, 0.3) is 22.3 Å². The first-order chi connectivity index (χ1) is 19.9. The molecule has 0 radical (unpaired) electrons. The number of anilines is 3. The van der Waals surface area contributed by atoms with E-state index >= 15 is 4.39 Å². The fourth-order valence-corrected chi connectivity index (χ4v) is 5.74. The zero-order valence-electron chi connectivity index (χ0n) is 23.4. The molecule has 0 atom stereocenters. The minimum absolute atomic E-state index is 0.108. The van der Waals surface area contributed by atoms with Crippen LogP contribution in [0, 0.1) is 5.82 Å². The van der Waals surface area contributed by atoms with E-state index in [9.17, 15) is 13.2 Å². The Morgan fingerprint density at radius 3 is 2.55 bits per heavy atom. The predicted molar refractivity (Wildman–Crippen MR) is 158 cm³/mol. The quantitative estimate of drug-likeness (QED) is 0.266. The summed E-state index contributed by atoms with van der Waals surface area (Å²) in [6, 6.07) is 8.99. The lowest BCUT2D eigenvalue weighted by atomic mass is 10.1. The summed E-state index contributed by atoms with van der Waals surface area (Å²) < 4.78 is 49.9. The van der Waals surface area contributed by atoms with Crippen molar-refractivity contribution in [1.82, 2.24) is 29.1 Å². The maximum absolute atomic E-state index is 15.4. The van der Waals surface area contributed by atoms with E-state index in [-0.39, 0.29) is 46.3 Å². The second-order valence-corrected chi connectivity index (χ2v) is 12.4. The molecule has 1 aliphatic rings. The van der Waals surface area contributed by atoms with Crippen LogP contribution in [0.4, 0.5) is 26.8 Å². The van der Waals surface area contributed by atoms with Crippen LogP contribution in [0.3, 0.4) is 0 Å². The molecule has 2 N–H and O–H groups in total. The Hall–Kier alpha value is -3.85. The Morgan fingerprint density at radius 1 is 1.17 bits per heavy atom. The molecule has 42 heavy (non-hydrogen) atoms. The largest absolute Gasteiger partial charge is 0.447 e. The Morgan fingerprint density at radius 2 is 1.90 bits per heavy atom. The number of ether oxygens (including phenoxy) is 1. The van der Waals surface area contributed by atoms with Gasteiger partial charge in [-0.15, -0.1) is 0 Å². The summed E-state index contributed by atoms with van der Waals surface area (Å²) in [5, 5.41) is 3.23. The topological polar surface area (TPSA) is 135 Å². The van der Waals surface area contributed by atoms with Crippen LogP contribution in [0.15, 0.2) is 47.5 Å². The van der Waals surface area contributed by atoms with Crippen molar-refractivity contribution in [2.45, 2.75) is 24.8 Å². The molecule has 0 aliphatic carbocycles. The van der Waals surface area contributed by atoms with Crippen molar-refractivity contribution in [1.29, 1.82) is 0 Å². The van der Waals surface area contributed by atoms with Crippen LogP contribution >= 0.6 is 11.6 Å². The molecule has 222 valence electrons. The van der Waals surface area contributed by atoms with Gasteiger partial charge < -0.3 is 19.5 Å². The summed E-state index contributed by atoms with van der Waals surface area (Å²) in [5.41, 5.74) is 1.78. The van der Waals surface area contributed by atoms with Gasteiger partial charge in [0.05, 0.1) is 33.9 Å². The van der Waals surface area contributed by atoms with Gasteiger partial charge in [-0.05, 0) is 64.3 Å². The number of cyclic esters (lactones) is 1. The molecule has 0 bridgehead atoms. The number of amides is 1. The van der Waals surface area contributed by atoms with Gasteiger partial charge in [0.15, 0.2) is 5.82 Å². The fourth-order valence-electron chi connectivity index (χ4n) is 4.52. The van der Waals surface area contributed by atoms with E-state index in [1.165, 1.54) is 29.3 Å². The van der Waals surface area contributed by atoms with Crippen molar-refractivity contribution in [3.63, 3.8) is 0 Å². The minimum Gasteiger partial charge on any atom is -0.447 e. The first kappa shape index (κ1) is 29.6. The van der Waals surface area contributed by atoms with Gasteiger partial charge in [-0.3, -0.25) is 0 Å². The Bertz CT molecular complexity index is 1750. The number of benzene rings is 2. The summed E-state index contributed by atoms with van der Waals surface area (Å²) >= 11 is 6.46. The van der Waals surface area contributed by atoms with Gasteiger partial charge in [-0.25, -0.2) is 42.2 Å². The highest BCUT2D eigenvalue weighted by molar-refractivity contribution is 7.89. The van der Waals surface area contributed by atoms with Crippen molar-refractivity contribution in [3.8, 4) is 11.3 Å². The molecule has 1 aliphatic heterocycles. The summed E-state index contributed by atoms with van der Waals surface area (Å²) in [4.78, 5) is 28.8. The van der Waals surface area contributed by atoms with Gasteiger partial charge in [0, 0.05) is 30.4 Å². The first-order valence-corrected chi connectivity index (χ1v) is 15.0. The molecule has 5 rings (SSSR count). The van der Waals surface area contributed by atoms with E-state index in [2.05, 4.69) is 25.0 Å². The Labute approximate surface area is 247 Å². The SMILES string of the molecule is CC(C)n1c(N2CCOC2=O)nc2c(F)cc(-c3nc(Nc4ccc(S(=O)(=O)NCCN(C)C)cc4)ncc3Cl)cc21. The van der Waals surface area contributed by atoms with Gasteiger partial charge in [0.1, 0.15) is 12.1 Å². The lowest BCUT2D eigenvalue weighted by Crippen LogP contribution is -2.31. The van der Waals surface area contributed by atoms with Crippen LogP contribution in [0.5, 0.6) is 0 Å².